The first-order valence-electron chi connectivity index (χ1n) is 9.44. The number of rotatable bonds is 9. The van der Waals surface area contributed by atoms with E-state index in [1.807, 2.05) is 30.3 Å². The molecule has 1 amide bonds. The highest BCUT2D eigenvalue weighted by atomic mass is 16.6. The number of esters is 2. The SMILES string of the molecule is CC(C)[C@H](NC(=O)OC(C)(C)C)C(=O)OCCCC(=O)OCc1ccccc1. The molecule has 1 aromatic carbocycles. The van der Waals surface area contributed by atoms with Gasteiger partial charge in [0.2, 0.25) is 0 Å². The second kappa shape index (κ2) is 11.3. The molecule has 1 N–H and O–H groups in total. The van der Waals surface area contributed by atoms with Crippen molar-refractivity contribution >= 4 is 18.0 Å². The van der Waals surface area contributed by atoms with Crippen LogP contribution in [0.1, 0.15) is 53.0 Å². The number of carbonyl (C=O) groups is 3. The van der Waals surface area contributed by atoms with Crippen LogP contribution in [-0.2, 0) is 30.4 Å². The van der Waals surface area contributed by atoms with Crippen LogP contribution in [0.3, 0.4) is 0 Å². The van der Waals surface area contributed by atoms with Gasteiger partial charge in [-0.2, -0.15) is 0 Å². The topological polar surface area (TPSA) is 90.9 Å². The predicted molar refractivity (Wildman–Crippen MR) is 104 cm³/mol. The number of ether oxygens (including phenoxy) is 3. The van der Waals surface area contributed by atoms with E-state index in [1.54, 1.807) is 34.6 Å². The van der Waals surface area contributed by atoms with E-state index < -0.39 is 23.7 Å². The van der Waals surface area contributed by atoms with Crippen molar-refractivity contribution in [2.45, 2.75) is 65.7 Å². The molecule has 1 aromatic rings. The molecular formula is C21H31NO6. The van der Waals surface area contributed by atoms with Crippen LogP contribution in [0.25, 0.3) is 0 Å². The third-order valence-electron chi connectivity index (χ3n) is 3.61. The number of hydrogen-bond donors (Lipinski definition) is 1. The zero-order valence-corrected chi connectivity index (χ0v) is 17.3. The first-order chi connectivity index (χ1) is 13.1. The lowest BCUT2D eigenvalue weighted by atomic mass is 10.1. The Labute approximate surface area is 166 Å². The molecule has 0 aliphatic rings. The Morgan fingerprint density at radius 1 is 1.04 bits per heavy atom. The molecule has 7 heteroatoms. The van der Waals surface area contributed by atoms with E-state index in [4.69, 9.17) is 14.2 Å². The highest BCUT2D eigenvalue weighted by molar-refractivity contribution is 5.81. The van der Waals surface area contributed by atoms with Gasteiger partial charge >= 0.3 is 18.0 Å². The van der Waals surface area contributed by atoms with Crippen LogP contribution in [0.4, 0.5) is 4.79 Å². The maximum atomic E-state index is 12.2. The normalized spacial score (nSPS) is 12.2. The Balaban J connectivity index is 2.32. The molecule has 0 fully saturated rings. The average molecular weight is 393 g/mol. The molecule has 0 saturated heterocycles. The molecule has 0 heterocycles. The van der Waals surface area contributed by atoms with Crippen LogP contribution in [0.2, 0.25) is 0 Å². The largest absolute Gasteiger partial charge is 0.464 e. The average Bonchev–Trinajstić information content (AvgIpc) is 2.60. The minimum Gasteiger partial charge on any atom is -0.464 e. The quantitative estimate of drug-likeness (QED) is 0.392. The van der Waals surface area contributed by atoms with Crippen molar-refractivity contribution in [2.75, 3.05) is 6.61 Å². The summed E-state index contributed by atoms with van der Waals surface area (Å²) in [6.07, 6.45) is -0.185. The summed E-state index contributed by atoms with van der Waals surface area (Å²) in [5, 5.41) is 2.53. The van der Waals surface area contributed by atoms with Crippen LogP contribution < -0.4 is 5.32 Å². The zero-order valence-electron chi connectivity index (χ0n) is 17.3. The molecule has 0 saturated carbocycles. The Morgan fingerprint density at radius 2 is 1.68 bits per heavy atom. The number of nitrogens with one attached hydrogen (secondary N) is 1. The van der Waals surface area contributed by atoms with Crippen LogP contribution in [0.15, 0.2) is 30.3 Å². The van der Waals surface area contributed by atoms with Crippen molar-refractivity contribution in [2.24, 2.45) is 5.92 Å². The molecule has 0 radical (unpaired) electrons. The van der Waals surface area contributed by atoms with Gasteiger partial charge in [0.25, 0.3) is 0 Å². The van der Waals surface area contributed by atoms with Crippen LogP contribution in [-0.4, -0.2) is 36.3 Å². The molecular weight excluding hydrogens is 362 g/mol. The molecule has 1 atom stereocenters. The Hall–Kier alpha value is -2.57. The van der Waals surface area contributed by atoms with Crippen molar-refractivity contribution in [1.82, 2.24) is 5.32 Å². The highest BCUT2D eigenvalue weighted by Crippen LogP contribution is 2.10. The number of carbonyl (C=O) groups excluding carboxylic acids is 3. The van der Waals surface area contributed by atoms with E-state index in [1.165, 1.54) is 0 Å². The third-order valence-corrected chi connectivity index (χ3v) is 3.61. The number of amides is 1. The minimum atomic E-state index is -0.820. The lowest BCUT2D eigenvalue weighted by Crippen LogP contribution is -2.47. The first-order valence-corrected chi connectivity index (χ1v) is 9.44. The van der Waals surface area contributed by atoms with E-state index in [9.17, 15) is 14.4 Å². The fraction of sp³-hybridized carbons (Fsp3) is 0.571. The summed E-state index contributed by atoms with van der Waals surface area (Å²) in [6.45, 7) is 9.10. The van der Waals surface area contributed by atoms with Crippen LogP contribution in [0.5, 0.6) is 0 Å². The fourth-order valence-electron chi connectivity index (χ4n) is 2.22. The molecule has 7 nitrogen and oxygen atoms in total. The Morgan fingerprint density at radius 3 is 2.25 bits per heavy atom. The second-order valence-electron chi connectivity index (χ2n) is 7.79. The van der Waals surface area contributed by atoms with Gasteiger partial charge in [0.05, 0.1) is 6.61 Å². The summed E-state index contributed by atoms with van der Waals surface area (Å²) in [4.78, 5) is 35.9. The summed E-state index contributed by atoms with van der Waals surface area (Å²) in [6, 6.07) is 8.57. The van der Waals surface area contributed by atoms with Crippen LogP contribution >= 0.6 is 0 Å². The second-order valence-corrected chi connectivity index (χ2v) is 7.79. The van der Waals surface area contributed by atoms with Gasteiger partial charge in [0.1, 0.15) is 18.2 Å². The number of alkyl carbamates (subject to hydrolysis) is 1. The standard InChI is InChI=1S/C21H31NO6/c1-15(2)18(22-20(25)28-21(3,4)5)19(24)26-13-9-12-17(23)27-14-16-10-7-6-8-11-16/h6-8,10-11,15,18H,9,12-14H2,1-5H3,(H,22,25)/t18-/m0/s1. The van der Waals surface area contributed by atoms with Crippen molar-refractivity contribution < 1.29 is 28.6 Å². The summed E-state index contributed by atoms with van der Waals surface area (Å²) < 4.78 is 15.5. The summed E-state index contributed by atoms with van der Waals surface area (Å²) in [5.74, 6) is -1.08. The van der Waals surface area contributed by atoms with Crippen molar-refractivity contribution in [3.05, 3.63) is 35.9 Å². The molecule has 1 rings (SSSR count). The Bertz CT molecular complexity index is 636. The smallest absolute Gasteiger partial charge is 0.408 e. The number of benzene rings is 1. The van der Waals surface area contributed by atoms with E-state index >= 15 is 0 Å². The summed E-state index contributed by atoms with van der Waals surface area (Å²) >= 11 is 0. The van der Waals surface area contributed by atoms with E-state index in [0.29, 0.717) is 6.42 Å². The maximum Gasteiger partial charge on any atom is 0.408 e. The summed E-state index contributed by atoms with van der Waals surface area (Å²) in [5.41, 5.74) is 0.255. The number of hydrogen-bond acceptors (Lipinski definition) is 6. The minimum absolute atomic E-state index is 0.0679. The molecule has 28 heavy (non-hydrogen) atoms. The molecule has 156 valence electrons. The van der Waals surface area contributed by atoms with Gasteiger partial charge in [-0.3, -0.25) is 4.79 Å². The molecule has 0 bridgehead atoms. The van der Waals surface area contributed by atoms with Crippen molar-refractivity contribution in [3.63, 3.8) is 0 Å². The zero-order chi connectivity index (χ0) is 21.2. The van der Waals surface area contributed by atoms with Gasteiger partial charge in [-0.05, 0) is 38.7 Å². The lowest BCUT2D eigenvalue weighted by molar-refractivity contribution is -0.150. The monoisotopic (exact) mass is 393 g/mol. The highest BCUT2D eigenvalue weighted by Gasteiger charge is 2.28. The van der Waals surface area contributed by atoms with Gasteiger partial charge in [-0.25, -0.2) is 9.59 Å². The van der Waals surface area contributed by atoms with E-state index in [-0.39, 0.29) is 31.5 Å². The molecule has 0 aliphatic heterocycles. The van der Waals surface area contributed by atoms with E-state index in [0.717, 1.165) is 5.56 Å². The Kier molecular flexibility index (Phi) is 9.48. The van der Waals surface area contributed by atoms with Gasteiger partial charge in [-0.1, -0.05) is 44.2 Å². The van der Waals surface area contributed by atoms with E-state index in [2.05, 4.69) is 5.32 Å². The van der Waals surface area contributed by atoms with Crippen molar-refractivity contribution in [3.8, 4) is 0 Å². The maximum absolute atomic E-state index is 12.2. The van der Waals surface area contributed by atoms with Gasteiger partial charge in [0, 0.05) is 6.42 Å². The molecule has 0 aliphatic carbocycles. The van der Waals surface area contributed by atoms with Gasteiger partial charge in [-0.15, -0.1) is 0 Å². The third kappa shape index (κ3) is 9.94. The molecule has 0 spiro atoms. The van der Waals surface area contributed by atoms with Gasteiger partial charge in [0.15, 0.2) is 0 Å². The first kappa shape index (κ1) is 23.5. The predicted octanol–water partition coefficient (Wildman–Crippen LogP) is 3.60. The summed E-state index contributed by atoms with van der Waals surface area (Å²) in [7, 11) is 0. The molecule has 0 unspecified atom stereocenters. The lowest BCUT2D eigenvalue weighted by Gasteiger charge is -2.24. The van der Waals surface area contributed by atoms with Crippen molar-refractivity contribution in [1.29, 1.82) is 0 Å². The fourth-order valence-corrected chi connectivity index (χ4v) is 2.22. The van der Waals surface area contributed by atoms with Gasteiger partial charge < -0.3 is 19.5 Å². The van der Waals surface area contributed by atoms with Crippen LogP contribution in [0, 0.1) is 5.92 Å². The molecule has 0 aromatic heterocycles.